The maximum absolute atomic E-state index is 10.9. The predicted molar refractivity (Wildman–Crippen MR) is 80.6 cm³/mol. The number of aliphatic carboxylic acids is 1. The molecule has 0 amide bonds. The number of nitrogens with one attached hydrogen (secondary N) is 1. The van der Waals surface area contributed by atoms with Crippen LogP contribution in [0, 0.1) is 10.1 Å². The van der Waals surface area contributed by atoms with Gasteiger partial charge >= 0.3 is 5.97 Å². The van der Waals surface area contributed by atoms with Crippen molar-refractivity contribution in [2.24, 2.45) is 0 Å². The Balaban J connectivity index is 1.81. The molecule has 2 aromatic rings. The van der Waals surface area contributed by atoms with Crippen molar-refractivity contribution in [2.75, 3.05) is 5.75 Å². The van der Waals surface area contributed by atoms with Crippen LogP contribution >= 0.6 is 11.8 Å². The first kappa shape index (κ1) is 14.6. The van der Waals surface area contributed by atoms with Gasteiger partial charge in [-0.3, -0.25) is 20.2 Å². The maximum Gasteiger partial charge on any atom is 0.321 e. The van der Waals surface area contributed by atoms with E-state index in [-0.39, 0.29) is 11.1 Å². The smallest absolute Gasteiger partial charge is 0.321 e. The van der Waals surface area contributed by atoms with Crippen LogP contribution < -0.4 is 5.32 Å². The van der Waals surface area contributed by atoms with E-state index in [1.807, 2.05) is 0 Å². The van der Waals surface area contributed by atoms with E-state index >= 15 is 0 Å². The summed E-state index contributed by atoms with van der Waals surface area (Å²) in [7, 11) is 0. The lowest BCUT2D eigenvalue weighted by atomic mass is 10.1. The van der Waals surface area contributed by atoms with Gasteiger partial charge in [-0.2, -0.15) is 0 Å². The Labute approximate surface area is 129 Å². The van der Waals surface area contributed by atoms with Gasteiger partial charge in [-0.15, -0.1) is 11.8 Å². The van der Waals surface area contributed by atoms with Crippen molar-refractivity contribution in [1.29, 1.82) is 0 Å². The molecule has 0 radical (unpaired) electrons. The first-order chi connectivity index (χ1) is 10.5. The minimum atomic E-state index is -0.888. The molecule has 1 aliphatic rings. The maximum atomic E-state index is 10.9. The Morgan fingerprint density at radius 2 is 2.23 bits per heavy atom. The van der Waals surface area contributed by atoms with E-state index in [4.69, 9.17) is 9.52 Å². The SMILES string of the molecule is O=C(O)[C@@H]1CS[C@H](c2ccc(-c3cccc([N+](=O)[O-])c3)o2)N1. The van der Waals surface area contributed by atoms with Crippen molar-refractivity contribution in [1.82, 2.24) is 5.32 Å². The number of furan rings is 1. The quantitative estimate of drug-likeness (QED) is 0.659. The number of carbonyl (C=O) groups is 1. The third-order valence-electron chi connectivity index (χ3n) is 3.31. The fraction of sp³-hybridized carbons (Fsp3) is 0.214. The van der Waals surface area contributed by atoms with E-state index in [0.717, 1.165) is 0 Å². The van der Waals surface area contributed by atoms with Crippen molar-refractivity contribution in [2.45, 2.75) is 11.4 Å². The Morgan fingerprint density at radius 3 is 2.91 bits per heavy atom. The Morgan fingerprint density at radius 1 is 1.41 bits per heavy atom. The molecule has 2 atom stereocenters. The van der Waals surface area contributed by atoms with Crippen molar-refractivity contribution in [3.63, 3.8) is 0 Å². The van der Waals surface area contributed by atoms with Crippen molar-refractivity contribution in [3.8, 4) is 11.3 Å². The van der Waals surface area contributed by atoms with Crippen LogP contribution in [0.3, 0.4) is 0 Å². The zero-order chi connectivity index (χ0) is 15.7. The molecule has 7 nitrogen and oxygen atoms in total. The highest BCUT2D eigenvalue weighted by Gasteiger charge is 2.32. The largest absolute Gasteiger partial charge is 0.480 e. The van der Waals surface area contributed by atoms with Crippen LogP contribution in [0.5, 0.6) is 0 Å². The Kier molecular flexibility index (Phi) is 3.86. The molecule has 0 spiro atoms. The predicted octanol–water partition coefficient (Wildman–Crippen LogP) is 2.64. The van der Waals surface area contributed by atoms with Gasteiger partial charge in [0.05, 0.1) is 4.92 Å². The number of nitro benzene ring substituents is 1. The summed E-state index contributed by atoms with van der Waals surface area (Å²) in [4.78, 5) is 21.3. The molecule has 2 N–H and O–H groups in total. The lowest BCUT2D eigenvalue weighted by Gasteiger charge is -2.07. The fourth-order valence-corrected chi connectivity index (χ4v) is 3.38. The monoisotopic (exact) mass is 320 g/mol. The standard InChI is InChI=1S/C14H12N2O5S/c17-14(18)10-7-22-13(15-10)12-5-4-11(21-12)8-2-1-3-9(6-8)16(19)20/h1-6,10,13,15H,7H2,(H,17,18)/t10-,13+/m0/s1. The number of hydrogen-bond donors (Lipinski definition) is 2. The molecule has 1 aromatic carbocycles. The van der Waals surface area contributed by atoms with Gasteiger partial charge in [0, 0.05) is 23.4 Å². The molecule has 8 heteroatoms. The number of benzene rings is 1. The van der Waals surface area contributed by atoms with E-state index < -0.39 is 16.9 Å². The van der Waals surface area contributed by atoms with E-state index in [1.165, 1.54) is 23.9 Å². The van der Waals surface area contributed by atoms with Crippen molar-refractivity contribution in [3.05, 3.63) is 52.3 Å². The number of carboxylic acid groups (broad SMARTS) is 1. The highest BCUT2D eigenvalue weighted by atomic mass is 32.2. The van der Waals surface area contributed by atoms with Crippen molar-refractivity contribution < 1.29 is 19.2 Å². The van der Waals surface area contributed by atoms with Crippen LogP contribution in [0.1, 0.15) is 11.1 Å². The van der Waals surface area contributed by atoms with E-state index in [9.17, 15) is 14.9 Å². The summed E-state index contributed by atoms with van der Waals surface area (Å²) in [6, 6.07) is 9.07. The number of carboxylic acids is 1. The molecule has 0 bridgehead atoms. The summed E-state index contributed by atoms with van der Waals surface area (Å²) in [5, 5.41) is 22.5. The van der Waals surface area contributed by atoms with Crippen LogP contribution in [-0.2, 0) is 4.79 Å². The Hall–Kier alpha value is -2.32. The first-order valence-electron chi connectivity index (χ1n) is 6.49. The van der Waals surface area contributed by atoms with Crippen LogP contribution in [0.25, 0.3) is 11.3 Å². The zero-order valence-electron chi connectivity index (χ0n) is 11.3. The average molecular weight is 320 g/mol. The molecule has 0 aliphatic carbocycles. The second kappa shape index (κ2) is 5.82. The van der Waals surface area contributed by atoms with E-state index in [0.29, 0.717) is 22.8 Å². The van der Waals surface area contributed by atoms with Gasteiger partial charge in [-0.25, -0.2) is 0 Å². The lowest BCUT2D eigenvalue weighted by Crippen LogP contribution is -2.33. The first-order valence-corrected chi connectivity index (χ1v) is 7.54. The summed E-state index contributed by atoms with van der Waals surface area (Å²) in [5.41, 5.74) is 0.605. The Bertz CT molecular complexity index is 730. The number of nitrogens with zero attached hydrogens (tertiary/aromatic N) is 1. The summed E-state index contributed by atoms with van der Waals surface area (Å²) in [6.07, 6.45) is 0. The molecule has 1 aromatic heterocycles. The number of rotatable bonds is 4. The highest BCUT2D eigenvalue weighted by molar-refractivity contribution is 7.99. The molecule has 114 valence electrons. The lowest BCUT2D eigenvalue weighted by molar-refractivity contribution is -0.384. The zero-order valence-corrected chi connectivity index (χ0v) is 12.1. The van der Waals surface area contributed by atoms with E-state index in [1.54, 1.807) is 24.3 Å². The minimum absolute atomic E-state index is 0.00485. The van der Waals surface area contributed by atoms with Gasteiger partial charge in [0.1, 0.15) is 22.9 Å². The molecular formula is C14H12N2O5S. The molecule has 2 heterocycles. The molecule has 0 unspecified atom stereocenters. The summed E-state index contributed by atoms with van der Waals surface area (Å²) in [6.45, 7) is 0. The van der Waals surface area contributed by atoms with Crippen LogP contribution in [0.4, 0.5) is 5.69 Å². The van der Waals surface area contributed by atoms with Crippen LogP contribution in [-0.4, -0.2) is 27.8 Å². The topological polar surface area (TPSA) is 106 Å². The molecular weight excluding hydrogens is 308 g/mol. The number of nitro groups is 1. The third-order valence-corrected chi connectivity index (χ3v) is 4.53. The molecule has 1 fully saturated rings. The highest BCUT2D eigenvalue weighted by Crippen LogP contribution is 2.36. The number of thioether (sulfide) groups is 1. The summed E-state index contributed by atoms with van der Waals surface area (Å²) in [5.74, 6) is 0.697. The van der Waals surface area contributed by atoms with Gasteiger partial charge in [-0.1, -0.05) is 12.1 Å². The normalized spacial score (nSPS) is 20.9. The van der Waals surface area contributed by atoms with Gasteiger partial charge in [0.25, 0.3) is 5.69 Å². The van der Waals surface area contributed by atoms with Gasteiger partial charge in [-0.05, 0) is 12.1 Å². The van der Waals surface area contributed by atoms with Gasteiger partial charge < -0.3 is 9.52 Å². The molecule has 3 rings (SSSR count). The molecule has 22 heavy (non-hydrogen) atoms. The average Bonchev–Trinajstić information content (AvgIpc) is 3.16. The van der Waals surface area contributed by atoms with E-state index in [2.05, 4.69) is 5.32 Å². The van der Waals surface area contributed by atoms with Crippen LogP contribution in [0.2, 0.25) is 0 Å². The fourth-order valence-electron chi connectivity index (χ4n) is 2.20. The minimum Gasteiger partial charge on any atom is -0.480 e. The van der Waals surface area contributed by atoms with Crippen molar-refractivity contribution >= 4 is 23.4 Å². The summed E-state index contributed by atoms with van der Waals surface area (Å²) >= 11 is 1.45. The molecule has 0 saturated carbocycles. The number of hydrogen-bond acceptors (Lipinski definition) is 6. The molecule has 1 saturated heterocycles. The van der Waals surface area contributed by atoms with Gasteiger partial charge in [0.2, 0.25) is 0 Å². The van der Waals surface area contributed by atoms with Gasteiger partial charge in [0.15, 0.2) is 0 Å². The summed E-state index contributed by atoms with van der Waals surface area (Å²) < 4.78 is 5.72. The molecule has 1 aliphatic heterocycles. The second-order valence-electron chi connectivity index (χ2n) is 4.78. The van der Waals surface area contributed by atoms with Crippen LogP contribution in [0.15, 0.2) is 40.8 Å². The third kappa shape index (κ3) is 2.83. The number of non-ortho nitro benzene ring substituents is 1. The second-order valence-corrected chi connectivity index (χ2v) is 5.92.